The van der Waals surface area contributed by atoms with E-state index in [1.165, 1.54) is 0 Å². The van der Waals surface area contributed by atoms with Crippen molar-refractivity contribution in [3.05, 3.63) is 40.1 Å². The monoisotopic (exact) mass is 294 g/mol. The maximum atomic E-state index is 9.00. The van der Waals surface area contributed by atoms with Gasteiger partial charge in [-0.2, -0.15) is 0 Å². The Hall–Kier alpha value is -1.13. The Labute approximate surface area is 109 Å². The molecule has 17 heavy (non-hydrogen) atoms. The average Bonchev–Trinajstić information content (AvgIpc) is 2.59. The minimum absolute atomic E-state index is 0.137. The summed E-state index contributed by atoms with van der Waals surface area (Å²) in [5.41, 5.74) is 3.16. The van der Waals surface area contributed by atoms with Gasteiger partial charge >= 0.3 is 0 Å². The van der Waals surface area contributed by atoms with Crippen molar-refractivity contribution in [3.63, 3.8) is 0 Å². The molecule has 0 saturated carbocycles. The van der Waals surface area contributed by atoms with Gasteiger partial charge in [0, 0.05) is 35.8 Å². The molecule has 2 rings (SSSR count). The van der Waals surface area contributed by atoms with E-state index in [1.54, 1.807) is 0 Å². The second-order valence-electron chi connectivity index (χ2n) is 4.01. The zero-order valence-electron chi connectivity index (χ0n) is 9.94. The zero-order valence-corrected chi connectivity index (χ0v) is 11.5. The lowest BCUT2D eigenvalue weighted by Crippen LogP contribution is -1.96. The van der Waals surface area contributed by atoms with Gasteiger partial charge in [-0.05, 0) is 19.1 Å². The van der Waals surface area contributed by atoms with Gasteiger partial charge in [-0.15, -0.1) is 0 Å². The summed E-state index contributed by atoms with van der Waals surface area (Å²) in [5.74, 6) is 0.943. The Kier molecular flexibility index (Phi) is 3.64. The van der Waals surface area contributed by atoms with Crippen LogP contribution < -0.4 is 0 Å². The number of aliphatic hydroxyl groups is 1. The molecule has 3 nitrogen and oxygen atoms in total. The molecule has 0 saturated heterocycles. The van der Waals surface area contributed by atoms with Crippen LogP contribution in [0.3, 0.4) is 0 Å². The van der Waals surface area contributed by atoms with Crippen molar-refractivity contribution in [3.8, 4) is 11.4 Å². The van der Waals surface area contributed by atoms with Gasteiger partial charge in [-0.1, -0.05) is 28.1 Å². The van der Waals surface area contributed by atoms with E-state index in [0.717, 1.165) is 27.2 Å². The highest BCUT2D eigenvalue weighted by molar-refractivity contribution is 9.10. The summed E-state index contributed by atoms with van der Waals surface area (Å²) in [6, 6.07) is 8.08. The van der Waals surface area contributed by atoms with Crippen molar-refractivity contribution in [2.75, 3.05) is 6.61 Å². The Morgan fingerprint density at radius 2 is 1.94 bits per heavy atom. The van der Waals surface area contributed by atoms with Gasteiger partial charge in [0.15, 0.2) is 0 Å². The lowest BCUT2D eigenvalue weighted by Gasteiger charge is -2.03. The highest BCUT2D eigenvalue weighted by atomic mass is 79.9. The Morgan fingerprint density at radius 1 is 1.29 bits per heavy atom. The van der Waals surface area contributed by atoms with Crippen LogP contribution in [-0.2, 0) is 13.5 Å². The molecular weight excluding hydrogens is 280 g/mol. The number of hydrogen-bond acceptors (Lipinski definition) is 2. The second kappa shape index (κ2) is 5.02. The number of rotatable bonds is 3. The smallest absolute Gasteiger partial charge is 0.140 e. The maximum Gasteiger partial charge on any atom is 0.140 e. The fourth-order valence-corrected chi connectivity index (χ4v) is 2.10. The summed E-state index contributed by atoms with van der Waals surface area (Å²) < 4.78 is 3.12. The van der Waals surface area contributed by atoms with Gasteiger partial charge in [0.2, 0.25) is 0 Å². The van der Waals surface area contributed by atoms with Crippen LogP contribution in [0.15, 0.2) is 28.7 Å². The minimum atomic E-state index is 0.137. The molecule has 90 valence electrons. The summed E-state index contributed by atoms with van der Waals surface area (Å²) in [6.45, 7) is 2.16. The fraction of sp³-hybridized carbons (Fsp3) is 0.308. The van der Waals surface area contributed by atoms with Crippen molar-refractivity contribution in [2.24, 2.45) is 7.05 Å². The van der Waals surface area contributed by atoms with Crippen LogP contribution in [0.25, 0.3) is 11.4 Å². The molecule has 0 spiro atoms. The summed E-state index contributed by atoms with van der Waals surface area (Å²) in [4.78, 5) is 4.59. The standard InChI is InChI=1S/C13H15BrN2O/c1-9-12(7-8-17)15-13(16(9)2)10-3-5-11(14)6-4-10/h3-6,17H,7-8H2,1-2H3. The van der Waals surface area contributed by atoms with Crippen molar-refractivity contribution in [2.45, 2.75) is 13.3 Å². The molecule has 1 aromatic carbocycles. The number of benzene rings is 1. The summed E-state index contributed by atoms with van der Waals surface area (Å²) >= 11 is 3.42. The van der Waals surface area contributed by atoms with Crippen LogP contribution in [0.5, 0.6) is 0 Å². The second-order valence-corrected chi connectivity index (χ2v) is 4.92. The molecule has 0 atom stereocenters. The summed E-state index contributed by atoms with van der Waals surface area (Å²) in [5, 5.41) is 9.00. The predicted molar refractivity (Wildman–Crippen MR) is 71.9 cm³/mol. The van der Waals surface area contributed by atoms with Crippen LogP contribution in [0.4, 0.5) is 0 Å². The fourth-order valence-electron chi connectivity index (χ4n) is 1.84. The van der Waals surface area contributed by atoms with Crippen molar-refractivity contribution < 1.29 is 5.11 Å². The molecule has 1 aromatic heterocycles. The largest absolute Gasteiger partial charge is 0.396 e. The maximum absolute atomic E-state index is 9.00. The number of aliphatic hydroxyl groups excluding tert-OH is 1. The molecule has 2 aromatic rings. The van der Waals surface area contributed by atoms with Gasteiger partial charge in [-0.25, -0.2) is 4.98 Å². The van der Waals surface area contributed by atoms with Crippen molar-refractivity contribution in [1.29, 1.82) is 0 Å². The number of halogens is 1. The van der Waals surface area contributed by atoms with E-state index in [2.05, 4.69) is 25.5 Å². The van der Waals surface area contributed by atoms with Gasteiger partial charge in [0.1, 0.15) is 5.82 Å². The van der Waals surface area contributed by atoms with E-state index in [0.29, 0.717) is 6.42 Å². The molecule has 0 fully saturated rings. The Balaban J connectivity index is 2.45. The number of aromatic nitrogens is 2. The van der Waals surface area contributed by atoms with E-state index >= 15 is 0 Å². The highest BCUT2D eigenvalue weighted by Crippen LogP contribution is 2.23. The van der Waals surface area contributed by atoms with Gasteiger partial charge in [0.05, 0.1) is 5.69 Å². The van der Waals surface area contributed by atoms with Crippen molar-refractivity contribution >= 4 is 15.9 Å². The van der Waals surface area contributed by atoms with Gasteiger partial charge in [0.25, 0.3) is 0 Å². The topological polar surface area (TPSA) is 38.1 Å². The molecule has 1 N–H and O–H groups in total. The minimum Gasteiger partial charge on any atom is -0.396 e. The van der Waals surface area contributed by atoms with Gasteiger partial charge in [-0.3, -0.25) is 0 Å². The highest BCUT2D eigenvalue weighted by Gasteiger charge is 2.11. The lowest BCUT2D eigenvalue weighted by molar-refractivity contribution is 0.298. The number of nitrogens with zero attached hydrogens (tertiary/aromatic N) is 2. The first kappa shape index (κ1) is 12.3. The summed E-state index contributed by atoms with van der Waals surface area (Å²) in [7, 11) is 2.00. The molecule has 0 bridgehead atoms. The first-order chi connectivity index (χ1) is 8.13. The molecule has 4 heteroatoms. The number of imidazole rings is 1. The molecule has 0 aliphatic heterocycles. The SMILES string of the molecule is Cc1c(CCO)nc(-c2ccc(Br)cc2)n1C. The average molecular weight is 295 g/mol. The molecule has 0 aliphatic rings. The van der Waals surface area contributed by atoms with Gasteiger partial charge < -0.3 is 9.67 Å². The van der Waals surface area contributed by atoms with Crippen LogP contribution in [-0.4, -0.2) is 21.3 Å². The van der Waals surface area contributed by atoms with E-state index in [9.17, 15) is 0 Å². The first-order valence-electron chi connectivity index (χ1n) is 5.52. The lowest BCUT2D eigenvalue weighted by atomic mass is 10.2. The quantitative estimate of drug-likeness (QED) is 0.945. The molecule has 1 heterocycles. The van der Waals surface area contributed by atoms with E-state index < -0.39 is 0 Å². The number of hydrogen-bond donors (Lipinski definition) is 1. The van der Waals surface area contributed by atoms with Crippen molar-refractivity contribution in [1.82, 2.24) is 9.55 Å². The zero-order chi connectivity index (χ0) is 12.4. The molecule has 0 unspecified atom stereocenters. The molecule has 0 radical (unpaired) electrons. The normalized spacial score (nSPS) is 10.8. The predicted octanol–water partition coefficient (Wildman–Crippen LogP) is 2.69. The third-order valence-corrected chi connectivity index (χ3v) is 3.46. The first-order valence-corrected chi connectivity index (χ1v) is 6.31. The van der Waals surface area contributed by atoms with Crippen LogP contribution in [0.1, 0.15) is 11.4 Å². The third-order valence-electron chi connectivity index (χ3n) is 2.93. The van der Waals surface area contributed by atoms with Crippen LogP contribution in [0, 0.1) is 6.92 Å². The van der Waals surface area contributed by atoms with Crippen LogP contribution in [0.2, 0.25) is 0 Å². The van der Waals surface area contributed by atoms with E-state index in [4.69, 9.17) is 5.11 Å². The Morgan fingerprint density at radius 3 is 2.53 bits per heavy atom. The van der Waals surface area contributed by atoms with Crippen LogP contribution >= 0.6 is 15.9 Å². The molecular formula is C13H15BrN2O. The molecule has 0 amide bonds. The van der Waals surface area contributed by atoms with E-state index in [1.807, 2.05) is 38.2 Å². The molecule has 0 aliphatic carbocycles. The third kappa shape index (κ3) is 2.42. The Bertz CT molecular complexity index is 517. The van der Waals surface area contributed by atoms with E-state index in [-0.39, 0.29) is 6.61 Å². The summed E-state index contributed by atoms with van der Waals surface area (Å²) in [6.07, 6.45) is 0.607.